The summed E-state index contributed by atoms with van der Waals surface area (Å²) < 4.78 is 13.0. The molecule has 2 amide bonds. The molecule has 1 aromatic rings. The summed E-state index contributed by atoms with van der Waals surface area (Å²) in [6.07, 6.45) is 3.22. The molecule has 0 aliphatic heterocycles. The van der Waals surface area contributed by atoms with Gasteiger partial charge in [-0.15, -0.1) is 0 Å². The lowest BCUT2D eigenvalue weighted by atomic mass is 9.69. The van der Waals surface area contributed by atoms with Crippen molar-refractivity contribution in [2.24, 2.45) is 23.7 Å². The van der Waals surface area contributed by atoms with E-state index in [1.807, 2.05) is 6.92 Å². The highest BCUT2D eigenvalue weighted by Gasteiger charge is 2.32. The molecule has 0 radical (unpaired) electrons. The minimum Gasteiger partial charge on any atom is -0.481 e. The average Bonchev–Trinajstić information content (AvgIpc) is 2.71. The molecule has 1 aromatic carbocycles. The lowest BCUT2D eigenvalue weighted by Gasteiger charge is -2.37. The van der Waals surface area contributed by atoms with Gasteiger partial charge in [0.05, 0.1) is 6.42 Å². The molecule has 0 saturated carbocycles. The summed E-state index contributed by atoms with van der Waals surface area (Å²) >= 11 is 0. The van der Waals surface area contributed by atoms with Crippen LogP contribution in [0.2, 0.25) is 0 Å². The van der Waals surface area contributed by atoms with Crippen LogP contribution >= 0.6 is 0 Å². The Bertz CT molecular complexity index is 804. The van der Waals surface area contributed by atoms with Gasteiger partial charge >= 0.3 is 5.97 Å². The van der Waals surface area contributed by atoms with Crippen LogP contribution in [0.25, 0.3) is 0 Å². The van der Waals surface area contributed by atoms with Gasteiger partial charge in [-0.1, -0.05) is 37.6 Å². The third-order valence-electron chi connectivity index (χ3n) is 6.02. The van der Waals surface area contributed by atoms with Crippen LogP contribution < -0.4 is 10.6 Å². The number of carbonyl (C=O) groups excluding carboxylic acids is 2. The smallest absolute Gasteiger partial charge is 0.303 e. The first-order valence-electron chi connectivity index (χ1n) is 10.8. The van der Waals surface area contributed by atoms with Gasteiger partial charge in [0.15, 0.2) is 0 Å². The molecule has 0 fully saturated rings. The van der Waals surface area contributed by atoms with E-state index in [2.05, 4.69) is 30.6 Å². The lowest BCUT2D eigenvalue weighted by Crippen LogP contribution is -2.37. The first-order chi connectivity index (χ1) is 14.7. The Morgan fingerprint density at radius 3 is 2.39 bits per heavy atom. The Labute approximate surface area is 183 Å². The van der Waals surface area contributed by atoms with Crippen molar-refractivity contribution in [2.45, 2.75) is 53.0 Å². The second-order valence-corrected chi connectivity index (χ2v) is 8.72. The van der Waals surface area contributed by atoms with E-state index in [4.69, 9.17) is 5.11 Å². The Morgan fingerprint density at radius 2 is 1.77 bits per heavy atom. The summed E-state index contributed by atoms with van der Waals surface area (Å²) in [5, 5.41) is 14.5. The van der Waals surface area contributed by atoms with Crippen molar-refractivity contribution in [1.82, 2.24) is 10.6 Å². The fourth-order valence-corrected chi connectivity index (χ4v) is 4.15. The average molecular weight is 433 g/mol. The molecule has 3 unspecified atom stereocenters. The largest absolute Gasteiger partial charge is 0.481 e. The zero-order valence-electron chi connectivity index (χ0n) is 18.5. The number of carboxylic acid groups (broad SMARTS) is 1. The van der Waals surface area contributed by atoms with Gasteiger partial charge in [0.25, 0.3) is 0 Å². The van der Waals surface area contributed by atoms with E-state index in [9.17, 15) is 18.8 Å². The first kappa shape index (κ1) is 24.6. The van der Waals surface area contributed by atoms with Gasteiger partial charge < -0.3 is 15.7 Å². The van der Waals surface area contributed by atoms with Gasteiger partial charge in [-0.2, -0.15) is 0 Å². The molecule has 2 rings (SSSR count). The predicted molar refractivity (Wildman–Crippen MR) is 116 cm³/mol. The number of hydrogen-bond acceptors (Lipinski definition) is 3. The standard InChI is InChI=1S/C24H33FN2O4/c1-15(2)21-11-18(12-23(29)26-13-17-4-6-20(25)7-5-17)16(3)10-19(21)14-27-22(28)8-9-24(30)31/h4-7,10,15,18-19,21H,8-9,11-14H2,1-3H3,(H,26,29)(H,27,28)(H,30,31). The maximum absolute atomic E-state index is 13.0. The highest BCUT2D eigenvalue weighted by Crippen LogP contribution is 2.38. The number of aliphatic carboxylic acids is 1. The van der Waals surface area contributed by atoms with E-state index in [0.717, 1.165) is 17.6 Å². The zero-order chi connectivity index (χ0) is 23.0. The SMILES string of the molecule is CC1=CC(CNC(=O)CCC(=O)O)C(C(C)C)CC1CC(=O)NCc1ccc(F)cc1. The Hall–Kier alpha value is -2.70. The third kappa shape index (κ3) is 8.15. The molecular weight excluding hydrogens is 399 g/mol. The second-order valence-electron chi connectivity index (χ2n) is 8.72. The predicted octanol–water partition coefficient (Wildman–Crippen LogP) is 3.67. The Balaban J connectivity index is 1.91. The third-order valence-corrected chi connectivity index (χ3v) is 6.02. The molecule has 6 nitrogen and oxygen atoms in total. The molecule has 7 heteroatoms. The van der Waals surface area contributed by atoms with Gasteiger partial charge in [-0.05, 0) is 54.7 Å². The minimum absolute atomic E-state index is 0.0199. The number of rotatable bonds is 10. The molecule has 3 N–H and O–H groups in total. The topological polar surface area (TPSA) is 95.5 Å². The molecular formula is C24H33FN2O4. The summed E-state index contributed by atoms with van der Waals surface area (Å²) in [5.41, 5.74) is 1.99. The fraction of sp³-hybridized carbons (Fsp3) is 0.542. The Kier molecular flexibility index (Phi) is 9.21. The molecule has 1 aliphatic rings. The maximum Gasteiger partial charge on any atom is 0.303 e. The summed E-state index contributed by atoms with van der Waals surface area (Å²) in [5.74, 6) is -0.571. The van der Waals surface area contributed by atoms with Crippen LogP contribution in [-0.2, 0) is 20.9 Å². The van der Waals surface area contributed by atoms with Gasteiger partial charge in [0.2, 0.25) is 11.8 Å². The van der Waals surface area contributed by atoms with Gasteiger partial charge in [0, 0.05) is 25.9 Å². The summed E-state index contributed by atoms with van der Waals surface area (Å²) in [6, 6.07) is 6.07. The van der Waals surface area contributed by atoms with Crippen LogP contribution in [0, 0.1) is 29.5 Å². The second kappa shape index (κ2) is 11.6. The van der Waals surface area contributed by atoms with Crippen molar-refractivity contribution < 1.29 is 23.9 Å². The molecule has 3 atom stereocenters. The molecule has 0 saturated heterocycles. The maximum atomic E-state index is 13.0. The van der Waals surface area contributed by atoms with Crippen molar-refractivity contribution in [2.75, 3.05) is 6.54 Å². The van der Waals surface area contributed by atoms with Crippen LogP contribution in [0.1, 0.15) is 52.0 Å². The number of amides is 2. The number of allylic oxidation sites excluding steroid dienone is 1. The van der Waals surface area contributed by atoms with Crippen molar-refractivity contribution in [1.29, 1.82) is 0 Å². The normalized spacial score (nSPS) is 20.8. The fourth-order valence-electron chi connectivity index (χ4n) is 4.15. The first-order valence-corrected chi connectivity index (χ1v) is 10.8. The van der Waals surface area contributed by atoms with Crippen LogP contribution in [0.4, 0.5) is 4.39 Å². The van der Waals surface area contributed by atoms with E-state index < -0.39 is 5.97 Å². The van der Waals surface area contributed by atoms with E-state index in [0.29, 0.717) is 31.3 Å². The van der Waals surface area contributed by atoms with Crippen molar-refractivity contribution >= 4 is 17.8 Å². The molecule has 0 aromatic heterocycles. The van der Waals surface area contributed by atoms with E-state index >= 15 is 0 Å². The minimum atomic E-state index is -0.982. The number of carbonyl (C=O) groups is 3. The summed E-state index contributed by atoms with van der Waals surface area (Å²) in [6.45, 7) is 7.15. The Morgan fingerprint density at radius 1 is 1.10 bits per heavy atom. The number of hydrogen-bond donors (Lipinski definition) is 3. The van der Waals surface area contributed by atoms with Crippen LogP contribution in [-0.4, -0.2) is 29.4 Å². The van der Waals surface area contributed by atoms with Gasteiger partial charge in [0.1, 0.15) is 5.82 Å². The highest BCUT2D eigenvalue weighted by molar-refractivity contribution is 5.80. The molecule has 0 spiro atoms. The quantitative estimate of drug-likeness (QED) is 0.492. The number of halogens is 1. The van der Waals surface area contributed by atoms with E-state index in [-0.39, 0.29) is 42.3 Å². The molecule has 31 heavy (non-hydrogen) atoms. The number of carboxylic acids is 1. The zero-order valence-corrected chi connectivity index (χ0v) is 18.5. The summed E-state index contributed by atoms with van der Waals surface area (Å²) in [4.78, 5) is 35.0. The van der Waals surface area contributed by atoms with Crippen molar-refractivity contribution in [3.8, 4) is 0 Å². The van der Waals surface area contributed by atoms with Crippen LogP contribution in [0.3, 0.4) is 0 Å². The van der Waals surface area contributed by atoms with Gasteiger partial charge in [-0.25, -0.2) is 4.39 Å². The molecule has 1 aliphatic carbocycles. The van der Waals surface area contributed by atoms with Crippen LogP contribution in [0.15, 0.2) is 35.9 Å². The monoisotopic (exact) mass is 432 g/mol. The van der Waals surface area contributed by atoms with E-state index in [1.165, 1.54) is 12.1 Å². The number of benzene rings is 1. The molecule has 0 bridgehead atoms. The van der Waals surface area contributed by atoms with E-state index in [1.54, 1.807) is 12.1 Å². The van der Waals surface area contributed by atoms with Crippen LogP contribution in [0.5, 0.6) is 0 Å². The van der Waals surface area contributed by atoms with Crippen molar-refractivity contribution in [3.05, 3.63) is 47.3 Å². The summed E-state index contributed by atoms with van der Waals surface area (Å²) in [7, 11) is 0. The lowest BCUT2D eigenvalue weighted by molar-refractivity contribution is -0.138. The number of nitrogens with one attached hydrogen (secondary N) is 2. The highest BCUT2D eigenvalue weighted by atomic mass is 19.1. The van der Waals surface area contributed by atoms with Gasteiger partial charge in [-0.3, -0.25) is 14.4 Å². The molecule has 0 heterocycles. The molecule has 170 valence electrons. The van der Waals surface area contributed by atoms with Crippen molar-refractivity contribution in [3.63, 3.8) is 0 Å².